The van der Waals surface area contributed by atoms with E-state index in [2.05, 4.69) is 0 Å². The maximum Gasteiger partial charge on any atom is 0.419 e. The first-order chi connectivity index (χ1) is 13.5. The van der Waals surface area contributed by atoms with E-state index in [0.29, 0.717) is 36.8 Å². The average Bonchev–Trinajstić information content (AvgIpc) is 2.63. The number of rotatable bonds is 8. The molecule has 0 amide bonds. The molecule has 2 N–H and O–H groups in total. The van der Waals surface area contributed by atoms with E-state index in [1.54, 1.807) is 13.0 Å². The molecule has 0 heterocycles. The first kappa shape index (κ1) is 23.1. The van der Waals surface area contributed by atoms with E-state index in [-0.39, 0.29) is 18.4 Å². The SMILES string of the molecule is CC(N)CCc1ccc(OCCCc2ccc(C(F)(F)F)cc2)c(C(F)(F)F)c1. The Balaban J connectivity index is 1.95. The van der Waals surface area contributed by atoms with Gasteiger partial charge in [-0.3, -0.25) is 0 Å². The maximum absolute atomic E-state index is 13.3. The molecule has 0 saturated heterocycles. The summed E-state index contributed by atoms with van der Waals surface area (Å²) in [5, 5.41) is 0. The van der Waals surface area contributed by atoms with Crippen LogP contribution >= 0.6 is 0 Å². The van der Waals surface area contributed by atoms with Crippen LogP contribution in [0.2, 0.25) is 0 Å². The molecule has 0 aliphatic rings. The van der Waals surface area contributed by atoms with Crippen LogP contribution in [0.4, 0.5) is 26.3 Å². The van der Waals surface area contributed by atoms with E-state index in [4.69, 9.17) is 10.5 Å². The molecule has 1 unspecified atom stereocenters. The third-order valence-electron chi connectivity index (χ3n) is 4.39. The highest BCUT2D eigenvalue weighted by Gasteiger charge is 2.34. The number of hydrogen-bond acceptors (Lipinski definition) is 2. The lowest BCUT2D eigenvalue weighted by atomic mass is 10.0. The quantitative estimate of drug-likeness (QED) is 0.420. The zero-order valence-electron chi connectivity index (χ0n) is 15.9. The van der Waals surface area contributed by atoms with Gasteiger partial charge in [0.05, 0.1) is 17.7 Å². The van der Waals surface area contributed by atoms with Gasteiger partial charge in [0.2, 0.25) is 0 Å². The van der Waals surface area contributed by atoms with E-state index in [9.17, 15) is 26.3 Å². The van der Waals surface area contributed by atoms with Crippen molar-refractivity contribution in [2.24, 2.45) is 5.73 Å². The second kappa shape index (κ2) is 9.52. The number of nitrogens with two attached hydrogens (primary N) is 1. The number of aryl methyl sites for hydroxylation is 2. The molecule has 0 aliphatic heterocycles. The summed E-state index contributed by atoms with van der Waals surface area (Å²) in [6.07, 6.45) is -7.17. The van der Waals surface area contributed by atoms with Gasteiger partial charge < -0.3 is 10.5 Å². The molecule has 2 aromatic rings. The van der Waals surface area contributed by atoms with Gasteiger partial charge >= 0.3 is 12.4 Å². The molecule has 0 saturated carbocycles. The van der Waals surface area contributed by atoms with Gasteiger partial charge in [-0.15, -0.1) is 0 Å². The van der Waals surface area contributed by atoms with Gasteiger partial charge in [-0.1, -0.05) is 18.2 Å². The van der Waals surface area contributed by atoms with Crippen molar-refractivity contribution < 1.29 is 31.1 Å². The van der Waals surface area contributed by atoms with Crippen LogP contribution in [0.1, 0.15) is 42.0 Å². The van der Waals surface area contributed by atoms with Crippen LogP contribution in [-0.4, -0.2) is 12.6 Å². The predicted octanol–water partition coefficient (Wildman–Crippen LogP) is 6.02. The van der Waals surface area contributed by atoms with Crippen molar-refractivity contribution in [2.45, 2.75) is 51.0 Å². The van der Waals surface area contributed by atoms with Crippen LogP contribution in [0.25, 0.3) is 0 Å². The van der Waals surface area contributed by atoms with Gasteiger partial charge in [0.1, 0.15) is 5.75 Å². The predicted molar refractivity (Wildman–Crippen MR) is 98.7 cm³/mol. The molecule has 0 radical (unpaired) electrons. The van der Waals surface area contributed by atoms with Gasteiger partial charge in [0, 0.05) is 6.04 Å². The average molecular weight is 419 g/mol. The minimum Gasteiger partial charge on any atom is -0.493 e. The lowest BCUT2D eigenvalue weighted by Gasteiger charge is -2.16. The second-order valence-electron chi connectivity index (χ2n) is 6.99. The molecule has 29 heavy (non-hydrogen) atoms. The molecule has 8 heteroatoms. The Bertz CT molecular complexity index is 781. The lowest BCUT2D eigenvalue weighted by molar-refractivity contribution is -0.139. The van der Waals surface area contributed by atoms with Crippen molar-refractivity contribution in [3.05, 3.63) is 64.7 Å². The van der Waals surface area contributed by atoms with Crippen LogP contribution in [0.15, 0.2) is 42.5 Å². The Hall–Kier alpha value is -2.22. The molecule has 0 aliphatic carbocycles. The highest BCUT2D eigenvalue weighted by atomic mass is 19.4. The van der Waals surface area contributed by atoms with Crippen LogP contribution in [0, 0.1) is 0 Å². The number of alkyl halides is 6. The van der Waals surface area contributed by atoms with Crippen LogP contribution in [0.5, 0.6) is 5.75 Å². The number of ether oxygens (including phenoxy) is 1. The molecule has 0 bridgehead atoms. The van der Waals surface area contributed by atoms with Gasteiger partial charge in [0.15, 0.2) is 0 Å². The van der Waals surface area contributed by atoms with Gasteiger partial charge in [-0.25, -0.2) is 0 Å². The minimum atomic E-state index is -4.55. The summed E-state index contributed by atoms with van der Waals surface area (Å²) >= 11 is 0. The Kier molecular flexibility index (Phi) is 7.57. The van der Waals surface area contributed by atoms with E-state index in [0.717, 1.165) is 18.2 Å². The third kappa shape index (κ3) is 7.27. The Labute approximate surface area is 165 Å². The monoisotopic (exact) mass is 419 g/mol. The lowest BCUT2D eigenvalue weighted by Crippen LogP contribution is -2.16. The summed E-state index contributed by atoms with van der Waals surface area (Å²) in [6, 6.07) is 8.55. The van der Waals surface area contributed by atoms with Crippen molar-refractivity contribution in [1.82, 2.24) is 0 Å². The Morgan fingerprint density at radius 2 is 1.48 bits per heavy atom. The third-order valence-corrected chi connectivity index (χ3v) is 4.39. The highest BCUT2D eigenvalue weighted by molar-refractivity contribution is 5.39. The van der Waals surface area contributed by atoms with Crippen LogP contribution in [0.3, 0.4) is 0 Å². The van der Waals surface area contributed by atoms with Gasteiger partial charge in [-0.2, -0.15) is 26.3 Å². The zero-order valence-corrected chi connectivity index (χ0v) is 15.9. The fourth-order valence-corrected chi connectivity index (χ4v) is 2.79. The summed E-state index contributed by atoms with van der Waals surface area (Å²) < 4.78 is 83.0. The molecular formula is C21H23F6NO. The molecule has 160 valence electrons. The zero-order chi connectivity index (χ0) is 21.7. The summed E-state index contributed by atoms with van der Waals surface area (Å²) in [4.78, 5) is 0. The van der Waals surface area contributed by atoms with Gasteiger partial charge in [0.25, 0.3) is 0 Å². The first-order valence-electron chi connectivity index (χ1n) is 9.21. The standard InChI is InChI=1S/C21H23F6NO/c1-14(28)4-5-16-8-11-19(18(13-16)21(25,26)27)29-12-2-3-15-6-9-17(10-7-15)20(22,23)24/h6-11,13-14H,2-5,12,28H2,1H3. The summed E-state index contributed by atoms with van der Waals surface area (Å²) in [5.41, 5.74) is 5.26. The molecule has 2 aromatic carbocycles. The maximum atomic E-state index is 13.3. The molecule has 0 spiro atoms. The van der Waals surface area contributed by atoms with Crippen LogP contribution in [-0.2, 0) is 25.2 Å². The molecule has 1 atom stereocenters. The van der Waals surface area contributed by atoms with Crippen LogP contribution < -0.4 is 10.5 Å². The van der Waals surface area contributed by atoms with Crippen molar-refractivity contribution in [1.29, 1.82) is 0 Å². The highest BCUT2D eigenvalue weighted by Crippen LogP contribution is 2.37. The molecule has 2 rings (SSSR count). The Morgan fingerprint density at radius 3 is 2.03 bits per heavy atom. The number of halogens is 6. The largest absolute Gasteiger partial charge is 0.493 e. The van der Waals surface area contributed by atoms with E-state index in [1.165, 1.54) is 18.2 Å². The fourth-order valence-electron chi connectivity index (χ4n) is 2.79. The van der Waals surface area contributed by atoms with E-state index >= 15 is 0 Å². The Morgan fingerprint density at radius 1 is 0.862 bits per heavy atom. The molecule has 0 fully saturated rings. The molecular weight excluding hydrogens is 396 g/mol. The van der Waals surface area contributed by atoms with Gasteiger partial charge in [-0.05, 0) is 68.0 Å². The molecule has 0 aromatic heterocycles. The van der Waals surface area contributed by atoms with Crippen molar-refractivity contribution in [3.8, 4) is 5.75 Å². The number of benzene rings is 2. The van der Waals surface area contributed by atoms with E-state index in [1.807, 2.05) is 0 Å². The second-order valence-corrected chi connectivity index (χ2v) is 6.99. The molecule has 2 nitrogen and oxygen atoms in total. The topological polar surface area (TPSA) is 35.2 Å². The first-order valence-corrected chi connectivity index (χ1v) is 9.21. The van der Waals surface area contributed by atoms with E-state index < -0.39 is 23.5 Å². The summed E-state index contributed by atoms with van der Waals surface area (Å²) in [5.74, 6) is -0.255. The van der Waals surface area contributed by atoms with Crippen molar-refractivity contribution in [3.63, 3.8) is 0 Å². The van der Waals surface area contributed by atoms with Crippen molar-refractivity contribution in [2.75, 3.05) is 6.61 Å². The smallest absolute Gasteiger partial charge is 0.419 e. The fraction of sp³-hybridized carbons (Fsp3) is 0.429. The summed E-state index contributed by atoms with van der Waals surface area (Å²) in [7, 11) is 0. The summed E-state index contributed by atoms with van der Waals surface area (Å²) in [6.45, 7) is 1.81. The number of hydrogen-bond donors (Lipinski definition) is 1. The normalized spacial score (nSPS) is 13.4. The van der Waals surface area contributed by atoms with Crippen molar-refractivity contribution >= 4 is 0 Å². The minimum absolute atomic E-state index is 0.0171.